The number of ether oxygens (including phenoxy) is 3. The number of esters is 1. The fourth-order valence-corrected chi connectivity index (χ4v) is 3.61. The van der Waals surface area contributed by atoms with Crippen LogP contribution in [0.1, 0.15) is 20.7 Å². The van der Waals surface area contributed by atoms with E-state index in [0.29, 0.717) is 27.4 Å². The number of nitrogens with zero attached hydrogens (tertiary/aromatic N) is 2. The number of thiazole rings is 1. The van der Waals surface area contributed by atoms with E-state index in [4.69, 9.17) is 9.47 Å². The third-order valence-corrected chi connectivity index (χ3v) is 5.16. The highest BCUT2D eigenvalue weighted by atomic mass is 32.1. The van der Waals surface area contributed by atoms with Gasteiger partial charge in [-0.05, 0) is 24.3 Å². The van der Waals surface area contributed by atoms with E-state index in [1.165, 1.54) is 30.6 Å². The molecule has 0 aliphatic heterocycles. The Morgan fingerprint density at radius 3 is 2.15 bits per heavy atom. The van der Waals surface area contributed by atoms with Gasteiger partial charge in [0.05, 0.1) is 37.1 Å². The molecule has 3 aromatic rings. The number of rotatable bonds is 4. The SMILES string of the molecule is COC(=O)c1ccc(C(=O)N=c2sc3cc(OC)c(OC)cc3n2C)cc1. The van der Waals surface area contributed by atoms with Crippen molar-refractivity contribution in [1.29, 1.82) is 0 Å². The minimum Gasteiger partial charge on any atom is -0.493 e. The molecule has 0 aliphatic rings. The van der Waals surface area contributed by atoms with Gasteiger partial charge in [0.25, 0.3) is 5.91 Å². The molecule has 0 N–H and O–H groups in total. The number of benzene rings is 2. The van der Waals surface area contributed by atoms with Gasteiger partial charge in [-0.2, -0.15) is 4.99 Å². The summed E-state index contributed by atoms with van der Waals surface area (Å²) < 4.78 is 18.0. The zero-order chi connectivity index (χ0) is 19.6. The smallest absolute Gasteiger partial charge is 0.337 e. The third-order valence-electron chi connectivity index (χ3n) is 4.06. The lowest BCUT2D eigenvalue weighted by Crippen LogP contribution is -2.13. The second-order valence-electron chi connectivity index (χ2n) is 5.60. The standard InChI is InChI=1S/C19H18N2O5S/c1-21-13-9-14(24-2)15(25-3)10-16(13)27-19(21)20-17(22)11-5-7-12(8-6-11)18(23)26-4/h5-10H,1-4H3. The number of aryl methyl sites for hydroxylation is 1. The minimum atomic E-state index is -0.454. The summed E-state index contributed by atoms with van der Waals surface area (Å²) in [4.78, 5) is 28.7. The summed E-state index contributed by atoms with van der Waals surface area (Å²) >= 11 is 1.37. The van der Waals surface area contributed by atoms with Crippen molar-refractivity contribution in [3.05, 3.63) is 52.3 Å². The summed E-state index contributed by atoms with van der Waals surface area (Å²) in [5.41, 5.74) is 1.64. The van der Waals surface area contributed by atoms with Crippen LogP contribution in [-0.4, -0.2) is 37.8 Å². The number of amides is 1. The zero-order valence-electron chi connectivity index (χ0n) is 15.3. The van der Waals surface area contributed by atoms with Gasteiger partial charge in [-0.3, -0.25) is 4.79 Å². The number of aromatic nitrogens is 1. The van der Waals surface area contributed by atoms with Crippen LogP contribution in [0.25, 0.3) is 10.2 Å². The lowest BCUT2D eigenvalue weighted by atomic mass is 10.1. The number of methoxy groups -OCH3 is 3. The molecule has 0 aliphatic carbocycles. The largest absolute Gasteiger partial charge is 0.493 e. The van der Waals surface area contributed by atoms with Crippen molar-refractivity contribution >= 4 is 33.4 Å². The van der Waals surface area contributed by atoms with Crippen LogP contribution >= 0.6 is 11.3 Å². The van der Waals surface area contributed by atoms with E-state index in [1.54, 1.807) is 26.4 Å². The maximum atomic E-state index is 12.5. The first-order valence-electron chi connectivity index (χ1n) is 7.97. The topological polar surface area (TPSA) is 79.1 Å². The normalized spacial score (nSPS) is 11.5. The molecule has 1 aromatic heterocycles. The van der Waals surface area contributed by atoms with Crippen LogP contribution < -0.4 is 14.3 Å². The summed E-state index contributed by atoms with van der Waals surface area (Å²) in [5.74, 6) is 0.370. The average molecular weight is 386 g/mol. The Labute approximate surface area is 159 Å². The van der Waals surface area contributed by atoms with E-state index in [0.717, 1.165) is 10.2 Å². The van der Waals surface area contributed by atoms with Gasteiger partial charge in [0.1, 0.15) is 0 Å². The van der Waals surface area contributed by atoms with Crippen molar-refractivity contribution in [2.45, 2.75) is 0 Å². The van der Waals surface area contributed by atoms with Crippen LogP contribution in [0.15, 0.2) is 41.4 Å². The van der Waals surface area contributed by atoms with Crippen LogP contribution in [0.3, 0.4) is 0 Å². The van der Waals surface area contributed by atoms with E-state index in [-0.39, 0.29) is 0 Å². The van der Waals surface area contributed by atoms with Gasteiger partial charge >= 0.3 is 5.97 Å². The molecule has 0 saturated heterocycles. The Hall–Kier alpha value is -3.13. The summed E-state index contributed by atoms with van der Waals surface area (Å²) in [6.07, 6.45) is 0. The van der Waals surface area contributed by atoms with E-state index < -0.39 is 11.9 Å². The highest BCUT2D eigenvalue weighted by molar-refractivity contribution is 7.16. The van der Waals surface area contributed by atoms with E-state index in [9.17, 15) is 9.59 Å². The van der Waals surface area contributed by atoms with Gasteiger partial charge in [0.15, 0.2) is 16.3 Å². The quantitative estimate of drug-likeness (QED) is 0.644. The highest BCUT2D eigenvalue weighted by Gasteiger charge is 2.12. The Morgan fingerprint density at radius 2 is 1.56 bits per heavy atom. The van der Waals surface area contributed by atoms with Gasteiger partial charge < -0.3 is 18.8 Å². The molecule has 1 heterocycles. The van der Waals surface area contributed by atoms with Crippen LogP contribution in [0.5, 0.6) is 11.5 Å². The molecule has 1 amide bonds. The van der Waals surface area contributed by atoms with Crippen LogP contribution in [0, 0.1) is 0 Å². The first-order chi connectivity index (χ1) is 13.0. The van der Waals surface area contributed by atoms with Crippen molar-refractivity contribution in [3.63, 3.8) is 0 Å². The van der Waals surface area contributed by atoms with E-state index >= 15 is 0 Å². The fraction of sp³-hybridized carbons (Fsp3) is 0.211. The number of hydrogen-bond donors (Lipinski definition) is 0. The monoisotopic (exact) mass is 386 g/mol. The van der Waals surface area contributed by atoms with Crippen molar-refractivity contribution in [2.24, 2.45) is 12.0 Å². The van der Waals surface area contributed by atoms with Gasteiger partial charge in [-0.25, -0.2) is 4.79 Å². The molecular formula is C19H18N2O5S. The second-order valence-corrected chi connectivity index (χ2v) is 6.61. The Kier molecular flexibility index (Phi) is 5.27. The highest BCUT2D eigenvalue weighted by Crippen LogP contribution is 2.33. The number of fused-ring (bicyclic) bond motifs is 1. The minimum absolute atomic E-state index is 0.376. The van der Waals surface area contributed by atoms with Gasteiger partial charge in [0.2, 0.25) is 0 Å². The van der Waals surface area contributed by atoms with Crippen LogP contribution in [0.4, 0.5) is 0 Å². The lowest BCUT2D eigenvalue weighted by Gasteiger charge is -2.07. The molecule has 0 spiro atoms. The molecule has 2 aromatic carbocycles. The zero-order valence-corrected chi connectivity index (χ0v) is 16.1. The summed E-state index contributed by atoms with van der Waals surface area (Å²) in [7, 11) is 6.28. The molecule has 0 radical (unpaired) electrons. The third kappa shape index (κ3) is 3.56. The predicted molar refractivity (Wildman–Crippen MR) is 102 cm³/mol. The number of carbonyl (C=O) groups is 2. The molecule has 0 bridgehead atoms. The molecule has 27 heavy (non-hydrogen) atoms. The Morgan fingerprint density at radius 1 is 0.963 bits per heavy atom. The fourth-order valence-electron chi connectivity index (χ4n) is 2.58. The van der Waals surface area contributed by atoms with Crippen LogP contribution in [0.2, 0.25) is 0 Å². The molecule has 140 valence electrons. The van der Waals surface area contributed by atoms with Crippen molar-refractivity contribution in [1.82, 2.24) is 4.57 Å². The first kappa shape index (κ1) is 18.7. The Balaban J connectivity index is 2.01. The van der Waals surface area contributed by atoms with Gasteiger partial charge in [-0.15, -0.1) is 0 Å². The maximum absolute atomic E-state index is 12.5. The molecule has 3 rings (SSSR count). The second kappa shape index (κ2) is 7.63. The van der Waals surface area contributed by atoms with E-state index in [1.807, 2.05) is 23.7 Å². The number of carbonyl (C=O) groups excluding carboxylic acids is 2. The van der Waals surface area contributed by atoms with Crippen LogP contribution in [-0.2, 0) is 11.8 Å². The van der Waals surface area contributed by atoms with E-state index in [2.05, 4.69) is 9.73 Å². The summed E-state index contributed by atoms with van der Waals surface area (Å²) in [5, 5.41) is 0. The molecule has 7 nitrogen and oxygen atoms in total. The van der Waals surface area contributed by atoms with Gasteiger partial charge in [-0.1, -0.05) is 11.3 Å². The molecular weight excluding hydrogens is 368 g/mol. The predicted octanol–water partition coefficient (Wildman–Crippen LogP) is 2.78. The first-order valence-corrected chi connectivity index (χ1v) is 8.79. The van der Waals surface area contributed by atoms with Gasteiger partial charge in [0, 0.05) is 24.7 Å². The van der Waals surface area contributed by atoms with Crippen molar-refractivity contribution in [3.8, 4) is 11.5 Å². The molecule has 0 saturated carbocycles. The van der Waals surface area contributed by atoms with Crippen molar-refractivity contribution in [2.75, 3.05) is 21.3 Å². The number of hydrogen-bond acceptors (Lipinski definition) is 6. The van der Waals surface area contributed by atoms with Crippen molar-refractivity contribution < 1.29 is 23.8 Å². The summed E-state index contributed by atoms with van der Waals surface area (Å²) in [6, 6.07) is 9.88. The Bertz CT molecular complexity index is 1080. The molecule has 8 heteroatoms. The maximum Gasteiger partial charge on any atom is 0.337 e. The molecule has 0 atom stereocenters. The molecule has 0 fully saturated rings. The summed E-state index contributed by atoms with van der Waals surface area (Å²) in [6.45, 7) is 0. The molecule has 0 unspecified atom stereocenters. The lowest BCUT2D eigenvalue weighted by molar-refractivity contribution is 0.0600. The average Bonchev–Trinajstić information content (AvgIpc) is 3.00.